The molecule has 0 aliphatic carbocycles. The van der Waals surface area contributed by atoms with Crippen LogP contribution in [0, 0.1) is 23.0 Å². The van der Waals surface area contributed by atoms with Crippen LogP contribution in [0.3, 0.4) is 0 Å². The minimum Gasteiger partial charge on any atom is -0.466 e. The predicted octanol–water partition coefficient (Wildman–Crippen LogP) is 0.681. The minimum atomic E-state index is -0.940. The monoisotopic (exact) mass is 360 g/mol. The maximum absolute atomic E-state index is 13.1. The van der Waals surface area contributed by atoms with E-state index < -0.39 is 10.5 Å². The van der Waals surface area contributed by atoms with Gasteiger partial charge in [-0.05, 0) is 19.4 Å². The van der Waals surface area contributed by atoms with Gasteiger partial charge in [-0.25, -0.2) is 0 Å². The number of nitrogens with zero attached hydrogens (tertiary/aromatic N) is 1. The third kappa shape index (κ3) is 2.11. The highest BCUT2D eigenvalue weighted by molar-refractivity contribution is 6.06. The lowest BCUT2D eigenvalue weighted by atomic mass is 9.83. The number of carbonyl (C=O) groups excluding carboxylic acids is 2. The van der Waals surface area contributed by atoms with Gasteiger partial charge in [0.05, 0.1) is 29.3 Å². The van der Waals surface area contributed by atoms with E-state index in [0.29, 0.717) is 29.8 Å². The summed E-state index contributed by atoms with van der Waals surface area (Å²) in [5.41, 5.74) is 1.03. The van der Waals surface area contributed by atoms with Crippen molar-refractivity contribution in [3.8, 4) is 0 Å². The standard InChI is InChI=1S/C18H21N3O5/c1-3-26-16(22)12-9-18(20-6-4-5-14(12)20)13-8-11(21(24)25)7-10(2)15(13)19-17(18)23/h7-8,12,14H,3-6,9H2,1-2H3,(H,19,23)/p+1/t12-,14+,18+/m1/s1. The van der Waals surface area contributed by atoms with Gasteiger partial charge in [-0.15, -0.1) is 0 Å². The molecule has 1 aromatic rings. The van der Waals surface area contributed by atoms with Crippen LogP contribution in [0.1, 0.15) is 37.3 Å². The lowest BCUT2D eigenvalue weighted by Crippen LogP contribution is -3.19. The molecule has 1 unspecified atom stereocenters. The number of amides is 1. The zero-order valence-electron chi connectivity index (χ0n) is 14.8. The van der Waals surface area contributed by atoms with E-state index in [1.165, 1.54) is 12.1 Å². The average molecular weight is 360 g/mol. The molecule has 0 saturated carbocycles. The molecular formula is C18H22N3O5+. The number of quaternary nitrogens is 1. The molecule has 1 amide bonds. The number of rotatable bonds is 3. The molecule has 4 atom stereocenters. The Bertz CT molecular complexity index is 823. The number of benzene rings is 1. The van der Waals surface area contributed by atoms with Gasteiger partial charge in [0.25, 0.3) is 11.6 Å². The van der Waals surface area contributed by atoms with E-state index >= 15 is 0 Å². The third-order valence-electron chi connectivity index (χ3n) is 6.18. The molecule has 0 aromatic heterocycles. The first kappa shape index (κ1) is 17.0. The van der Waals surface area contributed by atoms with Gasteiger partial charge in [0.2, 0.25) is 5.54 Å². The van der Waals surface area contributed by atoms with Gasteiger partial charge in [-0.1, -0.05) is 0 Å². The highest BCUT2D eigenvalue weighted by atomic mass is 16.6. The van der Waals surface area contributed by atoms with Gasteiger partial charge in [0, 0.05) is 31.4 Å². The maximum Gasteiger partial charge on any atom is 0.315 e. The van der Waals surface area contributed by atoms with Gasteiger partial charge in [0.15, 0.2) is 0 Å². The zero-order chi connectivity index (χ0) is 18.6. The largest absolute Gasteiger partial charge is 0.466 e. The van der Waals surface area contributed by atoms with Gasteiger partial charge >= 0.3 is 5.97 Å². The van der Waals surface area contributed by atoms with Crippen LogP contribution < -0.4 is 10.2 Å². The van der Waals surface area contributed by atoms with E-state index in [1.807, 2.05) is 0 Å². The number of hydrogen-bond acceptors (Lipinski definition) is 5. The van der Waals surface area contributed by atoms with Crippen LogP contribution in [0.5, 0.6) is 0 Å². The van der Waals surface area contributed by atoms with Crippen molar-refractivity contribution in [2.45, 2.75) is 44.7 Å². The summed E-state index contributed by atoms with van der Waals surface area (Å²) in [7, 11) is 0. The predicted molar refractivity (Wildman–Crippen MR) is 91.7 cm³/mol. The normalized spacial score (nSPS) is 31.6. The van der Waals surface area contributed by atoms with Gasteiger partial charge in [0.1, 0.15) is 12.0 Å². The molecule has 0 bridgehead atoms. The number of esters is 1. The van der Waals surface area contributed by atoms with Crippen molar-refractivity contribution < 1.29 is 24.1 Å². The van der Waals surface area contributed by atoms with E-state index in [-0.39, 0.29) is 29.5 Å². The fraction of sp³-hybridized carbons (Fsp3) is 0.556. The topological polar surface area (TPSA) is 103 Å². The number of aryl methyl sites for hydroxylation is 1. The van der Waals surface area contributed by atoms with Gasteiger partial charge < -0.3 is 15.0 Å². The molecule has 3 aliphatic heterocycles. The number of hydrogen-bond donors (Lipinski definition) is 2. The highest BCUT2D eigenvalue weighted by Crippen LogP contribution is 2.46. The quantitative estimate of drug-likeness (QED) is 0.469. The molecule has 3 aliphatic rings. The van der Waals surface area contributed by atoms with Crippen molar-refractivity contribution >= 4 is 23.3 Å². The van der Waals surface area contributed by atoms with Crippen LogP contribution in [-0.2, 0) is 19.9 Å². The molecule has 1 spiro atoms. The fourth-order valence-corrected chi connectivity index (χ4v) is 5.19. The molecule has 2 saturated heterocycles. The molecule has 8 nitrogen and oxygen atoms in total. The summed E-state index contributed by atoms with van der Waals surface area (Å²) < 4.78 is 5.25. The highest BCUT2D eigenvalue weighted by Gasteiger charge is 2.67. The Morgan fingerprint density at radius 1 is 1.50 bits per heavy atom. The maximum atomic E-state index is 13.1. The smallest absolute Gasteiger partial charge is 0.315 e. The van der Waals surface area contributed by atoms with Crippen LogP contribution in [0.15, 0.2) is 12.1 Å². The average Bonchev–Trinajstić information content (AvgIpc) is 3.24. The van der Waals surface area contributed by atoms with Crippen LogP contribution >= 0.6 is 0 Å². The molecule has 1 aromatic carbocycles. The number of anilines is 1. The summed E-state index contributed by atoms with van der Waals surface area (Å²) in [6, 6.07) is 3.01. The van der Waals surface area contributed by atoms with Crippen LogP contribution in [-0.4, -0.2) is 36.0 Å². The number of nitro groups is 1. The molecule has 0 radical (unpaired) electrons. The Labute approximate surface area is 150 Å². The molecule has 3 heterocycles. The Morgan fingerprint density at radius 3 is 2.96 bits per heavy atom. The number of nitrogens with one attached hydrogen (secondary N) is 2. The first-order chi connectivity index (χ1) is 12.4. The van der Waals surface area contributed by atoms with Crippen molar-refractivity contribution in [2.75, 3.05) is 18.5 Å². The molecule has 2 N–H and O–H groups in total. The minimum absolute atomic E-state index is 0.0188. The first-order valence-electron chi connectivity index (χ1n) is 9.04. The van der Waals surface area contributed by atoms with Crippen molar-refractivity contribution in [1.82, 2.24) is 0 Å². The summed E-state index contributed by atoms with van der Waals surface area (Å²) >= 11 is 0. The second-order valence-corrected chi connectivity index (χ2v) is 7.39. The van der Waals surface area contributed by atoms with Crippen LogP contribution in [0.2, 0.25) is 0 Å². The number of nitro benzene ring substituents is 1. The van der Waals surface area contributed by atoms with E-state index in [2.05, 4.69) is 5.32 Å². The van der Waals surface area contributed by atoms with E-state index in [0.717, 1.165) is 24.3 Å². The molecule has 4 rings (SSSR count). The number of ether oxygens (including phenoxy) is 1. The Balaban J connectivity index is 1.86. The van der Waals surface area contributed by atoms with E-state index in [9.17, 15) is 19.7 Å². The summed E-state index contributed by atoms with van der Waals surface area (Å²) in [4.78, 5) is 37.6. The van der Waals surface area contributed by atoms with Gasteiger partial charge in [-0.2, -0.15) is 0 Å². The summed E-state index contributed by atoms with van der Waals surface area (Å²) in [5.74, 6) is -0.786. The second-order valence-electron chi connectivity index (χ2n) is 7.39. The molecule has 138 valence electrons. The zero-order valence-corrected chi connectivity index (χ0v) is 14.8. The first-order valence-corrected chi connectivity index (χ1v) is 9.04. The van der Waals surface area contributed by atoms with Crippen molar-refractivity contribution in [3.63, 3.8) is 0 Å². The molecule has 8 heteroatoms. The summed E-state index contributed by atoms with van der Waals surface area (Å²) in [6.07, 6.45) is 2.12. The second kappa shape index (κ2) is 5.77. The summed E-state index contributed by atoms with van der Waals surface area (Å²) in [5, 5.41) is 14.3. The lowest BCUT2D eigenvalue weighted by Gasteiger charge is -2.29. The van der Waals surface area contributed by atoms with Crippen molar-refractivity contribution in [2.24, 2.45) is 5.92 Å². The Kier molecular flexibility index (Phi) is 3.76. The number of carbonyl (C=O) groups is 2. The van der Waals surface area contributed by atoms with Crippen molar-refractivity contribution in [1.29, 1.82) is 0 Å². The Morgan fingerprint density at radius 2 is 2.27 bits per heavy atom. The van der Waals surface area contributed by atoms with E-state index in [4.69, 9.17) is 4.74 Å². The van der Waals surface area contributed by atoms with Gasteiger partial charge in [-0.3, -0.25) is 19.7 Å². The fourth-order valence-electron chi connectivity index (χ4n) is 5.19. The Hall–Kier alpha value is -2.48. The number of fused-ring (bicyclic) bond motifs is 4. The summed E-state index contributed by atoms with van der Waals surface area (Å²) in [6.45, 7) is 4.61. The molecular weight excluding hydrogens is 338 g/mol. The SMILES string of the molecule is CCOC(=O)[C@@H]1C[C@]2(C(=O)Nc3c(C)cc([N+](=O)[O-])cc32)[NH+]2CCC[C@@H]12. The van der Waals surface area contributed by atoms with Crippen LogP contribution in [0.25, 0.3) is 0 Å². The molecule has 2 fully saturated rings. The molecule has 26 heavy (non-hydrogen) atoms. The third-order valence-corrected chi connectivity index (χ3v) is 6.18. The number of non-ortho nitro benzene ring substituents is 1. The van der Waals surface area contributed by atoms with Crippen LogP contribution in [0.4, 0.5) is 11.4 Å². The lowest BCUT2D eigenvalue weighted by molar-refractivity contribution is -0.947. The van der Waals surface area contributed by atoms with E-state index in [1.54, 1.807) is 13.8 Å². The van der Waals surface area contributed by atoms with Crippen molar-refractivity contribution in [3.05, 3.63) is 33.4 Å².